The topological polar surface area (TPSA) is 78.4 Å². The smallest absolute Gasteiger partial charge is 0.319 e. The van der Waals surface area contributed by atoms with Crippen molar-refractivity contribution in [3.8, 4) is 0 Å². The van der Waals surface area contributed by atoms with Gasteiger partial charge in [0.2, 0.25) is 0 Å². The molecule has 1 aromatic rings. The van der Waals surface area contributed by atoms with Crippen molar-refractivity contribution in [1.82, 2.24) is 5.32 Å². The summed E-state index contributed by atoms with van der Waals surface area (Å²) in [6.45, 7) is 3.20. The van der Waals surface area contributed by atoms with E-state index in [0.717, 1.165) is 0 Å². The molecule has 0 aliphatic heterocycles. The molecular weight excluding hydrogens is 289 g/mol. The molecule has 0 aromatic heterocycles. The van der Waals surface area contributed by atoms with Gasteiger partial charge in [0.05, 0.1) is 0 Å². The summed E-state index contributed by atoms with van der Waals surface area (Å²) >= 11 is 0. The van der Waals surface area contributed by atoms with E-state index in [9.17, 15) is 22.8 Å². The lowest BCUT2D eigenvalue weighted by atomic mass is 9.99. The molecule has 0 aliphatic carbocycles. The zero-order valence-electron chi connectivity index (χ0n) is 11.5. The van der Waals surface area contributed by atoms with Crippen LogP contribution in [-0.4, -0.2) is 22.6 Å². The fourth-order valence-electron chi connectivity index (χ4n) is 1.58. The molecule has 0 saturated carbocycles. The van der Waals surface area contributed by atoms with Gasteiger partial charge in [0, 0.05) is 29.8 Å². The Morgan fingerprint density at radius 2 is 1.71 bits per heavy atom. The van der Waals surface area contributed by atoms with Crippen LogP contribution in [0.2, 0.25) is 0 Å². The van der Waals surface area contributed by atoms with Crippen LogP contribution in [0, 0.1) is 17.5 Å². The van der Waals surface area contributed by atoms with E-state index in [1.807, 2.05) is 0 Å². The number of halogens is 3. The number of benzene rings is 1. The number of carboxylic acids is 1. The van der Waals surface area contributed by atoms with E-state index >= 15 is 0 Å². The Morgan fingerprint density at radius 1 is 1.19 bits per heavy atom. The van der Waals surface area contributed by atoms with Crippen molar-refractivity contribution in [2.75, 3.05) is 5.32 Å². The quantitative estimate of drug-likeness (QED) is 0.732. The van der Waals surface area contributed by atoms with Crippen molar-refractivity contribution in [1.29, 1.82) is 0 Å². The van der Waals surface area contributed by atoms with Gasteiger partial charge in [0.15, 0.2) is 17.5 Å². The van der Waals surface area contributed by atoms with Crippen molar-refractivity contribution in [2.45, 2.75) is 32.2 Å². The van der Waals surface area contributed by atoms with Gasteiger partial charge < -0.3 is 15.7 Å². The Labute approximate surface area is 119 Å². The first-order valence-electron chi connectivity index (χ1n) is 6.06. The summed E-state index contributed by atoms with van der Waals surface area (Å²) in [5.74, 6) is -5.47. The molecule has 0 spiro atoms. The third-order valence-electron chi connectivity index (χ3n) is 2.66. The maximum absolute atomic E-state index is 13.0. The highest BCUT2D eigenvalue weighted by atomic mass is 19.2. The lowest BCUT2D eigenvalue weighted by molar-refractivity contribution is -0.137. The van der Waals surface area contributed by atoms with Crippen LogP contribution >= 0.6 is 0 Å². The van der Waals surface area contributed by atoms with Gasteiger partial charge in [-0.2, -0.15) is 0 Å². The number of anilines is 1. The molecule has 2 amide bonds. The minimum atomic E-state index is -1.62. The van der Waals surface area contributed by atoms with E-state index in [1.54, 1.807) is 13.8 Å². The summed E-state index contributed by atoms with van der Waals surface area (Å²) < 4.78 is 38.7. The second-order valence-electron chi connectivity index (χ2n) is 5.11. The Kier molecular flexibility index (Phi) is 5.17. The first-order chi connectivity index (χ1) is 9.60. The van der Waals surface area contributed by atoms with Gasteiger partial charge in [0.1, 0.15) is 0 Å². The summed E-state index contributed by atoms with van der Waals surface area (Å²) in [7, 11) is 0. The van der Waals surface area contributed by atoms with Crippen LogP contribution in [0.3, 0.4) is 0 Å². The molecule has 3 N–H and O–H groups in total. The number of hydrogen-bond donors (Lipinski definition) is 3. The Hall–Kier alpha value is -2.25. The lowest BCUT2D eigenvalue weighted by Crippen LogP contribution is -2.45. The minimum Gasteiger partial charge on any atom is -0.481 e. The van der Waals surface area contributed by atoms with Crippen molar-refractivity contribution < 1.29 is 27.9 Å². The lowest BCUT2D eigenvalue weighted by Gasteiger charge is -2.25. The summed E-state index contributed by atoms with van der Waals surface area (Å²) in [6, 6.07) is 0.501. The molecular formula is C13H15F3N2O3. The van der Waals surface area contributed by atoms with Crippen molar-refractivity contribution >= 4 is 17.7 Å². The molecule has 0 saturated heterocycles. The van der Waals surface area contributed by atoms with Crippen LogP contribution in [0.15, 0.2) is 12.1 Å². The molecule has 0 heterocycles. The average molecular weight is 304 g/mol. The van der Waals surface area contributed by atoms with Gasteiger partial charge in [-0.3, -0.25) is 4.79 Å². The Bertz CT molecular complexity index is 539. The van der Waals surface area contributed by atoms with Gasteiger partial charge in [-0.1, -0.05) is 0 Å². The standard InChI is InChI=1S/C13H15F3N2O3/c1-13(2,4-3-10(19)20)18-12(21)17-7-5-8(14)11(16)9(15)6-7/h5-6H,3-4H2,1-2H3,(H,19,20)(H2,17,18,21). The van der Waals surface area contributed by atoms with Crippen LogP contribution in [0.5, 0.6) is 0 Å². The summed E-state index contributed by atoms with van der Waals surface area (Å²) in [6.07, 6.45) is 0.0228. The molecule has 5 nitrogen and oxygen atoms in total. The predicted octanol–water partition coefficient (Wildman–Crippen LogP) is 2.87. The first kappa shape index (κ1) is 16.8. The van der Waals surface area contributed by atoms with Crippen LogP contribution < -0.4 is 10.6 Å². The maximum Gasteiger partial charge on any atom is 0.319 e. The highest BCUT2D eigenvalue weighted by Crippen LogP contribution is 2.18. The van der Waals surface area contributed by atoms with Gasteiger partial charge in [-0.15, -0.1) is 0 Å². The van der Waals surface area contributed by atoms with Crippen LogP contribution in [-0.2, 0) is 4.79 Å². The number of carbonyl (C=O) groups is 2. The van der Waals surface area contributed by atoms with Crippen molar-refractivity contribution in [2.24, 2.45) is 0 Å². The zero-order valence-corrected chi connectivity index (χ0v) is 11.5. The van der Waals surface area contributed by atoms with Gasteiger partial charge in [-0.25, -0.2) is 18.0 Å². The molecule has 0 atom stereocenters. The summed E-state index contributed by atoms with van der Waals surface area (Å²) in [4.78, 5) is 22.2. The number of carboxylic acid groups (broad SMARTS) is 1. The third-order valence-corrected chi connectivity index (χ3v) is 2.66. The number of carbonyl (C=O) groups excluding carboxylic acids is 1. The monoisotopic (exact) mass is 304 g/mol. The number of rotatable bonds is 5. The molecule has 21 heavy (non-hydrogen) atoms. The molecule has 116 valence electrons. The maximum atomic E-state index is 13.0. The third kappa shape index (κ3) is 5.33. The fraction of sp³-hybridized carbons (Fsp3) is 0.385. The minimum absolute atomic E-state index is 0.146. The van der Waals surface area contributed by atoms with E-state index < -0.39 is 35.0 Å². The van der Waals surface area contributed by atoms with E-state index in [0.29, 0.717) is 12.1 Å². The number of aliphatic carboxylic acids is 1. The Morgan fingerprint density at radius 3 is 2.19 bits per heavy atom. The fourth-order valence-corrected chi connectivity index (χ4v) is 1.58. The highest BCUT2D eigenvalue weighted by Gasteiger charge is 2.22. The molecule has 0 unspecified atom stereocenters. The van der Waals surface area contributed by atoms with Crippen LogP contribution in [0.25, 0.3) is 0 Å². The molecule has 0 radical (unpaired) electrons. The summed E-state index contributed by atoms with van der Waals surface area (Å²) in [5, 5.41) is 13.2. The van der Waals surface area contributed by atoms with Gasteiger partial charge in [-0.05, 0) is 20.3 Å². The first-order valence-corrected chi connectivity index (χ1v) is 6.06. The SMILES string of the molecule is CC(C)(CCC(=O)O)NC(=O)Nc1cc(F)c(F)c(F)c1. The molecule has 1 aromatic carbocycles. The van der Waals surface area contributed by atoms with E-state index in [1.165, 1.54) is 0 Å². The predicted molar refractivity (Wildman–Crippen MR) is 69.4 cm³/mol. The van der Waals surface area contributed by atoms with Crippen molar-refractivity contribution in [3.05, 3.63) is 29.6 Å². The van der Waals surface area contributed by atoms with Crippen LogP contribution in [0.4, 0.5) is 23.7 Å². The summed E-state index contributed by atoms with van der Waals surface area (Å²) in [5.41, 5.74) is -1.09. The largest absolute Gasteiger partial charge is 0.481 e. The number of nitrogens with one attached hydrogen (secondary N) is 2. The van der Waals surface area contributed by atoms with E-state index in [4.69, 9.17) is 5.11 Å². The molecule has 0 fully saturated rings. The average Bonchev–Trinajstić information content (AvgIpc) is 2.32. The second-order valence-corrected chi connectivity index (χ2v) is 5.11. The number of amides is 2. The molecule has 1 rings (SSSR count). The van der Waals surface area contributed by atoms with E-state index in [2.05, 4.69) is 10.6 Å². The zero-order chi connectivity index (χ0) is 16.2. The highest BCUT2D eigenvalue weighted by molar-refractivity contribution is 5.89. The molecule has 8 heteroatoms. The number of urea groups is 1. The van der Waals surface area contributed by atoms with Gasteiger partial charge >= 0.3 is 12.0 Å². The normalized spacial score (nSPS) is 11.1. The van der Waals surface area contributed by atoms with Crippen LogP contribution in [0.1, 0.15) is 26.7 Å². The Balaban J connectivity index is 2.67. The van der Waals surface area contributed by atoms with Crippen molar-refractivity contribution in [3.63, 3.8) is 0 Å². The molecule has 0 aliphatic rings. The number of hydrogen-bond acceptors (Lipinski definition) is 2. The van der Waals surface area contributed by atoms with E-state index in [-0.39, 0.29) is 18.5 Å². The molecule has 0 bridgehead atoms. The second kappa shape index (κ2) is 6.47. The van der Waals surface area contributed by atoms with Gasteiger partial charge in [0.25, 0.3) is 0 Å².